The van der Waals surface area contributed by atoms with E-state index in [4.69, 9.17) is 4.84 Å². The number of hydroxylamine groups is 3. The molecule has 0 saturated heterocycles. The maximum absolute atomic E-state index is 9.95. The Kier molecular flexibility index (Phi) is 15.1. The zero-order chi connectivity index (χ0) is 18.3. The van der Waals surface area contributed by atoms with E-state index < -0.39 is 0 Å². The molecule has 0 saturated carbocycles. The third-order valence-corrected chi connectivity index (χ3v) is 4.82. The average molecular weight is 345 g/mol. The fourth-order valence-electron chi connectivity index (χ4n) is 3.72. The quantitative estimate of drug-likeness (QED) is 0.203. The van der Waals surface area contributed by atoms with Crippen LogP contribution in [-0.4, -0.2) is 41.6 Å². The maximum atomic E-state index is 9.95. The predicted molar refractivity (Wildman–Crippen MR) is 105 cm³/mol. The van der Waals surface area contributed by atoms with Crippen molar-refractivity contribution in [3.05, 3.63) is 0 Å². The summed E-state index contributed by atoms with van der Waals surface area (Å²) in [6, 6.07) is 0. The van der Waals surface area contributed by atoms with Gasteiger partial charge in [-0.3, -0.25) is 0 Å². The van der Waals surface area contributed by atoms with Crippen LogP contribution in [0, 0.1) is 0 Å². The second-order valence-electron chi connectivity index (χ2n) is 7.58. The van der Waals surface area contributed by atoms with E-state index in [-0.39, 0.29) is 6.10 Å². The first-order valence-electron chi connectivity index (χ1n) is 10.8. The van der Waals surface area contributed by atoms with Crippen molar-refractivity contribution < 1.29 is 14.6 Å². The summed E-state index contributed by atoms with van der Waals surface area (Å²) < 4.78 is 0.639. The minimum Gasteiger partial charge on any atom is -0.387 e. The Hall–Kier alpha value is -0.120. The molecule has 0 bridgehead atoms. The normalized spacial score (nSPS) is 14.8. The van der Waals surface area contributed by atoms with Gasteiger partial charge in [0.1, 0.15) is 31.8 Å². The van der Waals surface area contributed by atoms with Crippen LogP contribution in [0.3, 0.4) is 0 Å². The Labute approximate surface area is 152 Å². The van der Waals surface area contributed by atoms with E-state index in [1.165, 1.54) is 44.9 Å². The second kappa shape index (κ2) is 15.2. The van der Waals surface area contributed by atoms with Crippen LogP contribution >= 0.6 is 0 Å². The molecule has 0 aromatic heterocycles. The van der Waals surface area contributed by atoms with Crippen LogP contribution in [0.2, 0.25) is 0 Å². The molecule has 0 heterocycles. The van der Waals surface area contributed by atoms with Crippen molar-refractivity contribution in [2.75, 3.05) is 19.6 Å². The zero-order valence-electron chi connectivity index (χ0n) is 17.4. The van der Waals surface area contributed by atoms with E-state index in [0.717, 1.165) is 45.3 Å². The van der Waals surface area contributed by atoms with E-state index in [0.29, 0.717) is 10.8 Å². The Morgan fingerprint density at radius 3 is 1.79 bits per heavy atom. The highest BCUT2D eigenvalue weighted by molar-refractivity contribution is 4.56. The van der Waals surface area contributed by atoms with Crippen molar-refractivity contribution in [1.82, 2.24) is 0 Å². The van der Waals surface area contributed by atoms with Gasteiger partial charge in [-0.1, -0.05) is 72.6 Å². The predicted octanol–water partition coefficient (Wildman–Crippen LogP) is 5.85. The van der Waals surface area contributed by atoms with E-state index in [1.807, 2.05) is 6.92 Å². The second-order valence-corrected chi connectivity index (χ2v) is 7.58. The van der Waals surface area contributed by atoms with Crippen molar-refractivity contribution in [3.8, 4) is 0 Å². The minimum absolute atomic E-state index is 0.306. The van der Waals surface area contributed by atoms with Gasteiger partial charge in [-0.25, -0.2) is 0 Å². The highest BCUT2D eigenvalue weighted by atomic mass is 16.7. The van der Waals surface area contributed by atoms with Crippen LogP contribution in [-0.2, 0) is 4.84 Å². The molecule has 0 aromatic carbocycles. The summed E-state index contributed by atoms with van der Waals surface area (Å²) in [5.74, 6) is 0. The summed E-state index contributed by atoms with van der Waals surface area (Å²) in [6.45, 7) is 13.6. The molecule has 146 valence electrons. The highest BCUT2D eigenvalue weighted by Crippen LogP contribution is 2.21. The molecular formula is C21H46NO2+. The Morgan fingerprint density at radius 1 is 0.792 bits per heavy atom. The van der Waals surface area contributed by atoms with Crippen molar-refractivity contribution in [2.24, 2.45) is 0 Å². The number of rotatable bonds is 17. The molecule has 0 amide bonds. The summed E-state index contributed by atoms with van der Waals surface area (Å²) in [6.07, 6.45) is 13.9. The molecule has 0 aromatic rings. The zero-order valence-corrected chi connectivity index (χ0v) is 17.4. The topological polar surface area (TPSA) is 29.5 Å². The van der Waals surface area contributed by atoms with Gasteiger partial charge < -0.3 is 5.11 Å². The van der Waals surface area contributed by atoms with Crippen LogP contribution in [0.25, 0.3) is 0 Å². The first-order chi connectivity index (χ1) is 11.5. The molecule has 0 fully saturated rings. The third kappa shape index (κ3) is 11.4. The molecule has 0 rings (SSSR count). The standard InChI is InChI=1S/C21H46NO2/c1-6-10-11-12-13-14-15-16-21(9-4)24-22(17-7-2,18-8-3)19-20(5)23/h20-21,23H,6-19H2,1-5H3/q+1. The van der Waals surface area contributed by atoms with E-state index in [9.17, 15) is 5.11 Å². The number of nitrogens with zero attached hydrogens (tertiary/aromatic N) is 1. The van der Waals surface area contributed by atoms with E-state index in [1.54, 1.807) is 0 Å². The van der Waals surface area contributed by atoms with Crippen LogP contribution < -0.4 is 0 Å². The number of hydrogen-bond donors (Lipinski definition) is 1. The molecule has 3 nitrogen and oxygen atoms in total. The lowest BCUT2D eigenvalue weighted by atomic mass is 10.1. The van der Waals surface area contributed by atoms with Crippen LogP contribution in [0.4, 0.5) is 0 Å². The number of aliphatic hydroxyl groups is 1. The Bertz CT molecular complexity index is 263. The SMILES string of the molecule is CCCCCCCCCC(CC)O[N+](CCC)(CCC)CC(C)O. The van der Waals surface area contributed by atoms with Crippen molar-refractivity contribution in [2.45, 2.75) is 117 Å². The summed E-state index contributed by atoms with van der Waals surface area (Å²) in [4.78, 5) is 6.60. The smallest absolute Gasteiger partial charge is 0.135 e. The average Bonchev–Trinajstić information content (AvgIpc) is 2.52. The molecular weight excluding hydrogens is 298 g/mol. The molecule has 0 radical (unpaired) electrons. The molecule has 0 aliphatic carbocycles. The molecule has 3 heteroatoms. The number of hydrogen-bond acceptors (Lipinski definition) is 2. The lowest BCUT2D eigenvalue weighted by molar-refractivity contribution is -1.11. The molecule has 1 N–H and O–H groups in total. The van der Waals surface area contributed by atoms with Crippen molar-refractivity contribution >= 4 is 0 Å². The summed E-state index contributed by atoms with van der Waals surface area (Å²) in [7, 11) is 0. The number of aliphatic hydroxyl groups excluding tert-OH is 1. The van der Waals surface area contributed by atoms with Gasteiger partial charge in [-0.2, -0.15) is 9.48 Å². The molecule has 24 heavy (non-hydrogen) atoms. The van der Waals surface area contributed by atoms with Gasteiger partial charge in [0.15, 0.2) is 0 Å². The van der Waals surface area contributed by atoms with Gasteiger partial charge in [-0.15, -0.1) is 0 Å². The summed E-state index contributed by atoms with van der Waals surface area (Å²) >= 11 is 0. The Morgan fingerprint density at radius 2 is 1.33 bits per heavy atom. The summed E-state index contributed by atoms with van der Waals surface area (Å²) in [5, 5.41) is 9.95. The third-order valence-electron chi connectivity index (χ3n) is 4.82. The van der Waals surface area contributed by atoms with E-state index >= 15 is 0 Å². The van der Waals surface area contributed by atoms with E-state index in [2.05, 4.69) is 27.7 Å². The van der Waals surface area contributed by atoms with Gasteiger partial charge in [0, 0.05) is 0 Å². The van der Waals surface area contributed by atoms with Gasteiger partial charge in [0.05, 0.1) is 0 Å². The first-order valence-corrected chi connectivity index (χ1v) is 10.8. The summed E-state index contributed by atoms with van der Waals surface area (Å²) in [5.41, 5.74) is 0. The monoisotopic (exact) mass is 344 g/mol. The fraction of sp³-hybridized carbons (Fsp3) is 1.00. The lowest BCUT2D eigenvalue weighted by Crippen LogP contribution is -2.54. The van der Waals surface area contributed by atoms with Gasteiger partial charge in [0.2, 0.25) is 0 Å². The molecule has 0 aliphatic heterocycles. The molecule has 2 atom stereocenters. The lowest BCUT2D eigenvalue weighted by Gasteiger charge is -2.39. The molecule has 2 unspecified atom stereocenters. The van der Waals surface area contributed by atoms with Crippen LogP contribution in [0.15, 0.2) is 0 Å². The van der Waals surface area contributed by atoms with Crippen molar-refractivity contribution in [3.63, 3.8) is 0 Å². The van der Waals surface area contributed by atoms with Gasteiger partial charge >= 0.3 is 0 Å². The van der Waals surface area contributed by atoms with Gasteiger partial charge in [-0.05, 0) is 32.6 Å². The number of quaternary nitrogens is 1. The molecule has 0 aliphatic rings. The number of unbranched alkanes of at least 4 members (excludes halogenated alkanes) is 6. The van der Waals surface area contributed by atoms with Crippen LogP contribution in [0.1, 0.15) is 105 Å². The fourth-order valence-corrected chi connectivity index (χ4v) is 3.72. The largest absolute Gasteiger partial charge is 0.387 e. The van der Waals surface area contributed by atoms with Crippen LogP contribution in [0.5, 0.6) is 0 Å². The first kappa shape index (κ1) is 23.9. The van der Waals surface area contributed by atoms with Gasteiger partial charge in [0.25, 0.3) is 0 Å². The van der Waals surface area contributed by atoms with Crippen molar-refractivity contribution in [1.29, 1.82) is 0 Å². The minimum atomic E-state index is -0.306. The highest BCUT2D eigenvalue weighted by Gasteiger charge is 2.32. The Balaban J connectivity index is 4.37. The maximum Gasteiger partial charge on any atom is 0.135 e. The molecule has 0 spiro atoms.